The van der Waals surface area contributed by atoms with Gasteiger partial charge >= 0.3 is 0 Å². The van der Waals surface area contributed by atoms with E-state index in [1.54, 1.807) is 12.1 Å². The molecule has 1 fully saturated rings. The molecule has 0 radical (unpaired) electrons. The van der Waals surface area contributed by atoms with Gasteiger partial charge in [0.1, 0.15) is 11.3 Å². The number of rotatable bonds is 2. The van der Waals surface area contributed by atoms with Crippen LogP contribution in [0.5, 0.6) is 0 Å². The Morgan fingerprint density at radius 1 is 1.55 bits per heavy atom. The number of likely N-dealkylation sites (N-methyl/N-ethyl adjacent to an activating group) is 1. The van der Waals surface area contributed by atoms with E-state index in [0.717, 1.165) is 30.9 Å². The van der Waals surface area contributed by atoms with Crippen molar-refractivity contribution in [1.82, 2.24) is 14.9 Å². The van der Waals surface area contributed by atoms with Gasteiger partial charge in [-0.15, -0.1) is 0 Å². The highest BCUT2D eigenvalue weighted by molar-refractivity contribution is 6.32. The normalized spacial score (nSPS) is 23.6. The summed E-state index contributed by atoms with van der Waals surface area (Å²) in [6.45, 7) is 4.16. The van der Waals surface area contributed by atoms with E-state index in [0.29, 0.717) is 16.1 Å². The van der Waals surface area contributed by atoms with Gasteiger partial charge < -0.3 is 15.6 Å². The van der Waals surface area contributed by atoms with Gasteiger partial charge in [-0.05, 0) is 32.1 Å². The van der Waals surface area contributed by atoms with Crippen molar-refractivity contribution in [3.63, 3.8) is 0 Å². The van der Waals surface area contributed by atoms with Crippen LogP contribution in [-0.2, 0) is 5.41 Å². The molecule has 0 aliphatic carbocycles. The lowest BCUT2D eigenvalue weighted by Gasteiger charge is -2.20. The number of aromatic amines is 1. The third kappa shape index (κ3) is 2.07. The SMILES string of the molecule is CN1CCC(C)(c2nc3c(C(N)=O)cc(Cl)cc3[nH]2)C1. The van der Waals surface area contributed by atoms with E-state index in [2.05, 4.69) is 28.8 Å². The van der Waals surface area contributed by atoms with Gasteiger partial charge in [-0.25, -0.2) is 4.98 Å². The monoisotopic (exact) mass is 292 g/mol. The van der Waals surface area contributed by atoms with E-state index >= 15 is 0 Å². The Balaban J connectivity index is 2.16. The van der Waals surface area contributed by atoms with Crippen LogP contribution >= 0.6 is 11.6 Å². The number of amides is 1. The van der Waals surface area contributed by atoms with Crippen molar-refractivity contribution in [2.24, 2.45) is 5.73 Å². The molecule has 6 heteroatoms. The minimum Gasteiger partial charge on any atom is -0.366 e. The third-order valence-corrected chi connectivity index (χ3v) is 4.27. The first-order valence-corrected chi connectivity index (χ1v) is 6.95. The number of carbonyl (C=O) groups is 1. The number of nitrogens with one attached hydrogen (secondary N) is 1. The number of nitrogens with two attached hydrogens (primary N) is 1. The van der Waals surface area contributed by atoms with E-state index < -0.39 is 5.91 Å². The van der Waals surface area contributed by atoms with Crippen LogP contribution in [0.2, 0.25) is 5.02 Å². The maximum Gasteiger partial charge on any atom is 0.251 e. The summed E-state index contributed by atoms with van der Waals surface area (Å²) >= 11 is 6.03. The van der Waals surface area contributed by atoms with Gasteiger partial charge in [-0.3, -0.25) is 4.79 Å². The predicted octanol–water partition coefficient (Wildman–Crippen LogP) is 1.91. The Bertz CT molecular complexity index is 696. The second kappa shape index (κ2) is 4.46. The molecule has 1 aromatic heterocycles. The van der Waals surface area contributed by atoms with Crippen molar-refractivity contribution in [1.29, 1.82) is 0 Å². The molecule has 0 spiro atoms. The Hall–Kier alpha value is -1.59. The van der Waals surface area contributed by atoms with Crippen molar-refractivity contribution in [3.05, 3.63) is 28.5 Å². The number of hydrogen-bond acceptors (Lipinski definition) is 3. The standard InChI is InChI=1S/C14H17ClN4O/c1-14(3-4-19(2)7-14)13-17-10-6-8(15)5-9(12(16)20)11(10)18-13/h5-6H,3-4,7H2,1-2H3,(H2,16,20)(H,17,18). The highest BCUT2D eigenvalue weighted by Gasteiger charge is 2.36. The molecule has 0 saturated carbocycles. The minimum atomic E-state index is -0.510. The molecular formula is C14H17ClN4O. The minimum absolute atomic E-state index is 0.0326. The fourth-order valence-corrected chi connectivity index (χ4v) is 3.16. The number of primary amides is 1. The number of hydrogen-bond donors (Lipinski definition) is 2. The van der Waals surface area contributed by atoms with Gasteiger partial charge in [-0.1, -0.05) is 18.5 Å². The van der Waals surface area contributed by atoms with Crippen LogP contribution in [0.4, 0.5) is 0 Å². The van der Waals surface area contributed by atoms with Crippen LogP contribution in [-0.4, -0.2) is 40.9 Å². The summed E-state index contributed by atoms with van der Waals surface area (Å²) in [5.41, 5.74) is 7.11. The van der Waals surface area contributed by atoms with Crippen molar-refractivity contribution in [3.8, 4) is 0 Å². The molecule has 20 heavy (non-hydrogen) atoms. The molecule has 0 bridgehead atoms. The Morgan fingerprint density at radius 2 is 2.30 bits per heavy atom. The van der Waals surface area contributed by atoms with Gasteiger partial charge in [0.25, 0.3) is 5.91 Å². The van der Waals surface area contributed by atoms with Gasteiger partial charge in [0.05, 0.1) is 11.1 Å². The van der Waals surface area contributed by atoms with Crippen LogP contribution in [0.3, 0.4) is 0 Å². The molecular weight excluding hydrogens is 276 g/mol. The van der Waals surface area contributed by atoms with Crippen molar-refractivity contribution in [2.45, 2.75) is 18.8 Å². The lowest BCUT2D eigenvalue weighted by Crippen LogP contribution is -2.27. The van der Waals surface area contributed by atoms with E-state index in [-0.39, 0.29) is 5.41 Å². The summed E-state index contributed by atoms with van der Waals surface area (Å²) in [7, 11) is 2.10. The fraction of sp³-hybridized carbons (Fsp3) is 0.429. The number of nitrogens with zero attached hydrogens (tertiary/aromatic N) is 2. The fourth-order valence-electron chi connectivity index (χ4n) is 2.94. The molecule has 1 aliphatic rings. The Morgan fingerprint density at radius 3 is 2.90 bits per heavy atom. The van der Waals surface area contributed by atoms with Crippen LogP contribution in [0.25, 0.3) is 11.0 Å². The van der Waals surface area contributed by atoms with Crippen LogP contribution in [0.1, 0.15) is 29.5 Å². The lowest BCUT2D eigenvalue weighted by atomic mass is 9.89. The molecule has 5 nitrogen and oxygen atoms in total. The molecule has 1 atom stereocenters. The maximum absolute atomic E-state index is 11.5. The first-order chi connectivity index (χ1) is 9.39. The predicted molar refractivity (Wildman–Crippen MR) is 79.1 cm³/mol. The van der Waals surface area contributed by atoms with Crippen molar-refractivity contribution < 1.29 is 4.79 Å². The molecule has 1 saturated heterocycles. The average Bonchev–Trinajstić information content (AvgIpc) is 2.92. The molecule has 3 N–H and O–H groups in total. The summed E-state index contributed by atoms with van der Waals surface area (Å²) in [6, 6.07) is 3.35. The quantitative estimate of drug-likeness (QED) is 0.888. The zero-order chi connectivity index (χ0) is 14.5. The summed E-state index contributed by atoms with van der Waals surface area (Å²) < 4.78 is 0. The smallest absolute Gasteiger partial charge is 0.251 e. The Labute approximate surface area is 122 Å². The average molecular weight is 293 g/mol. The largest absolute Gasteiger partial charge is 0.366 e. The highest BCUT2D eigenvalue weighted by atomic mass is 35.5. The molecule has 1 amide bonds. The summed E-state index contributed by atoms with van der Waals surface area (Å²) in [4.78, 5) is 21.7. The lowest BCUT2D eigenvalue weighted by molar-refractivity contribution is 0.100. The summed E-state index contributed by atoms with van der Waals surface area (Å²) in [5, 5.41) is 0.482. The number of halogens is 1. The summed E-state index contributed by atoms with van der Waals surface area (Å²) in [5.74, 6) is 0.380. The number of fused-ring (bicyclic) bond motifs is 1. The molecule has 1 unspecified atom stereocenters. The molecule has 1 aliphatic heterocycles. The first kappa shape index (κ1) is 13.4. The third-order valence-electron chi connectivity index (χ3n) is 4.05. The molecule has 3 rings (SSSR count). The van der Waals surface area contributed by atoms with Gasteiger partial charge in [0, 0.05) is 17.0 Å². The maximum atomic E-state index is 11.5. The van der Waals surface area contributed by atoms with Crippen molar-refractivity contribution in [2.75, 3.05) is 20.1 Å². The number of benzene rings is 1. The number of imidazole rings is 1. The van der Waals surface area contributed by atoms with E-state index in [1.807, 2.05) is 0 Å². The number of carbonyl (C=O) groups excluding carboxylic acids is 1. The number of aromatic nitrogens is 2. The highest BCUT2D eigenvalue weighted by Crippen LogP contribution is 2.33. The van der Waals surface area contributed by atoms with E-state index in [4.69, 9.17) is 17.3 Å². The molecule has 2 heterocycles. The zero-order valence-electron chi connectivity index (χ0n) is 11.5. The zero-order valence-corrected chi connectivity index (χ0v) is 12.3. The van der Waals surface area contributed by atoms with Crippen LogP contribution in [0, 0.1) is 0 Å². The molecule has 2 aromatic rings. The van der Waals surface area contributed by atoms with Gasteiger partial charge in [0.2, 0.25) is 0 Å². The van der Waals surface area contributed by atoms with Crippen molar-refractivity contribution >= 4 is 28.5 Å². The number of H-pyrrole nitrogens is 1. The van der Waals surface area contributed by atoms with Gasteiger partial charge in [0.15, 0.2) is 0 Å². The topological polar surface area (TPSA) is 75.0 Å². The second-order valence-corrected chi connectivity index (χ2v) is 6.28. The summed E-state index contributed by atoms with van der Waals surface area (Å²) in [6.07, 6.45) is 1.03. The van der Waals surface area contributed by atoms with E-state index in [1.165, 1.54) is 0 Å². The van der Waals surface area contributed by atoms with E-state index in [9.17, 15) is 4.79 Å². The number of likely N-dealkylation sites (tertiary alicyclic amines) is 1. The molecule has 106 valence electrons. The molecule has 1 aromatic carbocycles. The van der Waals surface area contributed by atoms with Gasteiger partial charge in [-0.2, -0.15) is 0 Å². The Kier molecular flexibility index (Phi) is 2.99. The van der Waals surface area contributed by atoms with Crippen LogP contribution < -0.4 is 5.73 Å². The second-order valence-electron chi connectivity index (χ2n) is 5.85. The van der Waals surface area contributed by atoms with Crippen LogP contribution in [0.15, 0.2) is 12.1 Å². The first-order valence-electron chi connectivity index (χ1n) is 6.57.